The van der Waals surface area contributed by atoms with Crippen molar-refractivity contribution in [3.05, 3.63) is 0 Å². The first-order valence-corrected chi connectivity index (χ1v) is 12.1. The van der Waals surface area contributed by atoms with E-state index in [2.05, 4.69) is 28.1 Å². The average molecular weight is 422 g/mol. The van der Waals surface area contributed by atoms with Gasteiger partial charge in [-0.2, -0.15) is 0 Å². The summed E-state index contributed by atoms with van der Waals surface area (Å²) in [7, 11) is 6.62. The Morgan fingerprint density at radius 1 is 0.464 bits per heavy atom. The van der Waals surface area contributed by atoms with E-state index >= 15 is 0 Å². The first-order valence-electron chi connectivity index (χ1n) is 12.1. The largest absolute Gasteiger partial charge is 1.00 e. The maximum Gasteiger partial charge on any atom is 0.0875 e. The molecule has 0 radical (unpaired) electrons. The average Bonchev–Trinajstić information content (AvgIpc) is 2.62. The molecule has 172 valence electrons. The molecule has 0 heterocycles. The van der Waals surface area contributed by atoms with Crippen molar-refractivity contribution in [2.24, 2.45) is 0 Å². The molecule has 0 fully saturated rings. The highest BCUT2D eigenvalue weighted by Crippen LogP contribution is 2.13. The molecule has 0 bridgehead atoms. The first-order chi connectivity index (χ1) is 13.1. The smallest absolute Gasteiger partial charge is 0.0875 e. The summed E-state index contributed by atoms with van der Waals surface area (Å²) in [5.74, 6) is 0. The van der Waals surface area contributed by atoms with Crippen LogP contribution in [-0.2, 0) is 9.78 Å². The molecule has 0 amide bonds. The van der Waals surface area contributed by atoms with Crippen molar-refractivity contribution < 1.29 is 26.7 Å². The van der Waals surface area contributed by atoms with Crippen LogP contribution in [0.1, 0.15) is 116 Å². The topological polar surface area (TPSA) is 18.5 Å². The lowest BCUT2D eigenvalue weighted by Gasteiger charge is -2.23. The van der Waals surface area contributed by atoms with Gasteiger partial charge < -0.3 is 16.9 Å². The third-order valence-electron chi connectivity index (χ3n) is 5.22. The molecular formula is C24H52ClNO2. The summed E-state index contributed by atoms with van der Waals surface area (Å²) in [5.41, 5.74) is 0. The van der Waals surface area contributed by atoms with Crippen LogP contribution in [0.15, 0.2) is 0 Å². The van der Waals surface area contributed by atoms with Gasteiger partial charge in [0, 0.05) is 6.42 Å². The number of quaternary nitrogens is 1. The lowest BCUT2D eigenvalue weighted by molar-refractivity contribution is -0.870. The number of hydrogen-bond donors (Lipinski definition) is 0. The van der Waals surface area contributed by atoms with Crippen LogP contribution in [0.25, 0.3) is 0 Å². The third kappa shape index (κ3) is 28.4. The number of halogens is 1. The SMILES string of the molecule is CCCCCCCCCCCCCCCCCCOOCCC[N+](C)(C)C.[Cl-]. The molecule has 0 rings (SSSR count). The summed E-state index contributed by atoms with van der Waals surface area (Å²) in [4.78, 5) is 10.5. The summed E-state index contributed by atoms with van der Waals surface area (Å²) in [5, 5.41) is 0. The Morgan fingerprint density at radius 3 is 1.14 bits per heavy atom. The highest BCUT2D eigenvalue weighted by Gasteiger charge is 2.05. The summed E-state index contributed by atoms with van der Waals surface area (Å²) in [6.07, 6.45) is 23.5. The van der Waals surface area contributed by atoms with E-state index in [-0.39, 0.29) is 12.4 Å². The zero-order valence-electron chi connectivity index (χ0n) is 19.8. The van der Waals surface area contributed by atoms with E-state index in [1.165, 1.54) is 96.3 Å². The molecule has 0 N–H and O–H groups in total. The molecule has 4 heteroatoms. The Balaban J connectivity index is 0. The molecule has 0 aromatic rings. The normalized spacial score (nSPS) is 11.6. The van der Waals surface area contributed by atoms with Gasteiger partial charge in [-0.05, 0) is 6.42 Å². The standard InChI is InChI=1S/C24H52NO2.ClH/c1-5-6-7-8-9-10-11-12-13-14-15-16-17-18-19-20-23-26-27-24-21-22-25(2,3)4;/h5-24H2,1-4H3;1H/q+1;/p-1. The summed E-state index contributed by atoms with van der Waals surface area (Å²) >= 11 is 0. The van der Waals surface area contributed by atoms with Gasteiger partial charge in [0.05, 0.1) is 40.9 Å². The van der Waals surface area contributed by atoms with Gasteiger partial charge in [-0.1, -0.05) is 103 Å². The van der Waals surface area contributed by atoms with Gasteiger partial charge in [0.25, 0.3) is 0 Å². The highest BCUT2D eigenvalue weighted by atomic mass is 35.5. The van der Waals surface area contributed by atoms with Gasteiger partial charge in [0.1, 0.15) is 0 Å². The van der Waals surface area contributed by atoms with Crippen molar-refractivity contribution in [1.82, 2.24) is 0 Å². The van der Waals surface area contributed by atoms with E-state index in [4.69, 9.17) is 9.78 Å². The van der Waals surface area contributed by atoms with Crippen molar-refractivity contribution in [3.8, 4) is 0 Å². The second-order valence-corrected chi connectivity index (χ2v) is 9.31. The van der Waals surface area contributed by atoms with E-state index in [1.807, 2.05) is 0 Å². The molecular weight excluding hydrogens is 370 g/mol. The van der Waals surface area contributed by atoms with Crippen LogP contribution in [0.3, 0.4) is 0 Å². The van der Waals surface area contributed by atoms with Gasteiger partial charge >= 0.3 is 0 Å². The molecule has 3 nitrogen and oxygen atoms in total. The van der Waals surface area contributed by atoms with Crippen LogP contribution in [0, 0.1) is 0 Å². The predicted molar refractivity (Wildman–Crippen MR) is 119 cm³/mol. The van der Waals surface area contributed by atoms with E-state index in [9.17, 15) is 0 Å². The number of rotatable bonds is 22. The van der Waals surface area contributed by atoms with Crippen LogP contribution >= 0.6 is 0 Å². The molecule has 0 saturated heterocycles. The van der Waals surface area contributed by atoms with Crippen molar-refractivity contribution in [3.63, 3.8) is 0 Å². The van der Waals surface area contributed by atoms with Crippen molar-refractivity contribution in [1.29, 1.82) is 0 Å². The zero-order chi connectivity index (χ0) is 20.1. The number of hydrogen-bond acceptors (Lipinski definition) is 2. The van der Waals surface area contributed by atoms with Crippen molar-refractivity contribution in [2.45, 2.75) is 116 Å². The fourth-order valence-corrected chi connectivity index (χ4v) is 3.42. The maximum atomic E-state index is 5.26. The number of nitrogens with zero attached hydrogens (tertiary/aromatic N) is 1. The lowest BCUT2D eigenvalue weighted by Crippen LogP contribution is -3.00. The highest BCUT2D eigenvalue weighted by molar-refractivity contribution is 4.49. The Hall–Kier alpha value is 0.170. The Labute approximate surface area is 183 Å². The Morgan fingerprint density at radius 2 is 0.786 bits per heavy atom. The fraction of sp³-hybridized carbons (Fsp3) is 1.00. The molecule has 0 aromatic heterocycles. The second kappa shape index (κ2) is 23.4. The quantitative estimate of drug-likeness (QED) is 0.112. The van der Waals surface area contributed by atoms with Gasteiger partial charge in [-0.3, -0.25) is 0 Å². The van der Waals surface area contributed by atoms with Gasteiger partial charge in [-0.25, -0.2) is 9.78 Å². The molecule has 0 aromatic carbocycles. The lowest BCUT2D eigenvalue weighted by atomic mass is 10.0. The second-order valence-electron chi connectivity index (χ2n) is 9.31. The Kier molecular flexibility index (Phi) is 25.4. The van der Waals surface area contributed by atoms with Crippen molar-refractivity contribution in [2.75, 3.05) is 40.9 Å². The third-order valence-corrected chi connectivity index (χ3v) is 5.22. The van der Waals surface area contributed by atoms with E-state index in [1.54, 1.807) is 0 Å². The van der Waals surface area contributed by atoms with Gasteiger partial charge in [0.2, 0.25) is 0 Å². The van der Waals surface area contributed by atoms with E-state index in [0.29, 0.717) is 6.61 Å². The fourth-order valence-electron chi connectivity index (χ4n) is 3.42. The molecule has 28 heavy (non-hydrogen) atoms. The zero-order valence-corrected chi connectivity index (χ0v) is 20.5. The van der Waals surface area contributed by atoms with Gasteiger partial charge in [-0.15, -0.1) is 0 Å². The molecule has 0 aliphatic rings. The molecule has 0 aliphatic heterocycles. The minimum Gasteiger partial charge on any atom is -1.00 e. The molecule has 0 saturated carbocycles. The summed E-state index contributed by atoms with van der Waals surface area (Å²) in [6.45, 7) is 4.89. The number of unbranched alkanes of at least 4 members (excludes halogenated alkanes) is 15. The predicted octanol–water partition coefficient (Wildman–Crippen LogP) is 4.30. The van der Waals surface area contributed by atoms with E-state index < -0.39 is 0 Å². The molecule has 0 unspecified atom stereocenters. The van der Waals surface area contributed by atoms with Gasteiger partial charge in [0.15, 0.2) is 0 Å². The van der Waals surface area contributed by atoms with Crippen LogP contribution in [0.5, 0.6) is 0 Å². The van der Waals surface area contributed by atoms with E-state index in [0.717, 1.165) is 30.5 Å². The van der Waals surface area contributed by atoms with Crippen LogP contribution in [-0.4, -0.2) is 45.4 Å². The van der Waals surface area contributed by atoms with Crippen molar-refractivity contribution >= 4 is 0 Å². The molecule has 0 spiro atoms. The maximum absolute atomic E-state index is 5.26. The minimum atomic E-state index is 0. The minimum absolute atomic E-state index is 0. The summed E-state index contributed by atoms with van der Waals surface area (Å²) < 4.78 is 0.989. The monoisotopic (exact) mass is 421 g/mol. The molecule has 0 atom stereocenters. The van der Waals surface area contributed by atoms with Crippen LogP contribution in [0.2, 0.25) is 0 Å². The molecule has 0 aliphatic carbocycles. The Bertz CT molecular complexity index is 282. The summed E-state index contributed by atoms with van der Waals surface area (Å²) in [6, 6.07) is 0. The van der Waals surface area contributed by atoms with Crippen LogP contribution < -0.4 is 12.4 Å². The van der Waals surface area contributed by atoms with Crippen LogP contribution in [0.4, 0.5) is 0 Å². The first kappa shape index (κ1) is 30.4.